The molecule has 0 bridgehead atoms. The molecule has 1 N–H and O–H groups in total. The highest BCUT2D eigenvalue weighted by Gasteiger charge is 2.22. The van der Waals surface area contributed by atoms with Crippen molar-refractivity contribution in [3.05, 3.63) is 11.6 Å². The van der Waals surface area contributed by atoms with E-state index >= 15 is 0 Å². The van der Waals surface area contributed by atoms with E-state index in [4.69, 9.17) is 4.74 Å². The summed E-state index contributed by atoms with van der Waals surface area (Å²) in [6, 6.07) is -0.129. The molecule has 1 fully saturated rings. The third kappa shape index (κ3) is 4.87. The normalized spacial score (nSPS) is 15.0. The Balaban J connectivity index is 1.66. The highest BCUT2D eigenvalue weighted by molar-refractivity contribution is 7.13. The first-order valence-corrected chi connectivity index (χ1v) is 8.31. The summed E-state index contributed by atoms with van der Waals surface area (Å²) in [5, 5.41) is 5.71. The van der Waals surface area contributed by atoms with Crippen LogP contribution < -0.4 is 10.2 Å². The minimum Gasteiger partial charge on any atom is -0.463 e. The topological polar surface area (TPSA) is 74.8 Å². The predicted octanol–water partition coefficient (Wildman–Crippen LogP) is 1.32. The zero-order chi connectivity index (χ0) is 15.9. The van der Waals surface area contributed by atoms with Crippen molar-refractivity contribution in [3.8, 4) is 0 Å². The van der Waals surface area contributed by atoms with Crippen LogP contribution in [0.15, 0.2) is 11.6 Å². The van der Waals surface area contributed by atoms with E-state index in [1.54, 1.807) is 36.3 Å². The lowest BCUT2D eigenvalue weighted by Gasteiger charge is -2.34. The molecule has 1 aliphatic heterocycles. The average Bonchev–Trinajstić information content (AvgIpc) is 3.00. The lowest BCUT2D eigenvalue weighted by molar-refractivity contribution is -0.147. The molecule has 1 aromatic heterocycles. The number of urea groups is 1. The summed E-state index contributed by atoms with van der Waals surface area (Å²) >= 11 is 1.61. The first-order valence-electron chi connectivity index (χ1n) is 7.43. The van der Waals surface area contributed by atoms with Crippen LogP contribution in [-0.4, -0.2) is 60.7 Å². The molecule has 0 aromatic carbocycles. The Bertz CT molecular complexity index is 484. The smallest absolute Gasteiger partial charge is 0.317 e. The lowest BCUT2D eigenvalue weighted by atomic mass is 10.3. The SMILES string of the molecule is CC(C)OC(=O)CCNC(=O)N1CCN(c2nccs2)CC1. The number of thiazole rings is 1. The van der Waals surface area contributed by atoms with Crippen molar-refractivity contribution in [2.45, 2.75) is 26.4 Å². The van der Waals surface area contributed by atoms with E-state index in [1.807, 2.05) is 5.38 Å². The van der Waals surface area contributed by atoms with Crippen molar-refractivity contribution in [1.82, 2.24) is 15.2 Å². The van der Waals surface area contributed by atoms with Crippen molar-refractivity contribution in [3.63, 3.8) is 0 Å². The number of nitrogens with zero attached hydrogens (tertiary/aromatic N) is 3. The summed E-state index contributed by atoms with van der Waals surface area (Å²) in [6.45, 7) is 6.77. The van der Waals surface area contributed by atoms with Gasteiger partial charge in [-0.1, -0.05) is 0 Å². The van der Waals surface area contributed by atoms with Crippen LogP contribution in [-0.2, 0) is 9.53 Å². The minimum absolute atomic E-state index is 0.123. The molecule has 2 rings (SSSR count). The molecule has 7 nitrogen and oxygen atoms in total. The maximum atomic E-state index is 12.0. The van der Waals surface area contributed by atoms with Gasteiger partial charge in [-0.25, -0.2) is 9.78 Å². The fourth-order valence-corrected chi connectivity index (χ4v) is 2.87. The number of hydrogen-bond donors (Lipinski definition) is 1. The third-order valence-corrected chi connectivity index (χ3v) is 4.06. The Morgan fingerprint density at radius 1 is 1.36 bits per heavy atom. The largest absolute Gasteiger partial charge is 0.463 e. The second-order valence-corrected chi connectivity index (χ2v) is 6.18. The van der Waals surface area contributed by atoms with Gasteiger partial charge < -0.3 is 19.9 Å². The number of hydrogen-bond acceptors (Lipinski definition) is 6. The molecule has 1 aliphatic rings. The monoisotopic (exact) mass is 326 g/mol. The molecule has 0 unspecified atom stereocenters. The number of carbonyl (C=O) groups excluding carboxylic acids is 2. The van der Waals surface area contributed by atoms with E-state index in [2.05, 4.69) is 15.2 Å². The van der Waals surface area contributed by atoms with Crippen LogP contribution in [0.3, 0.4) is 0 Å². The van der Waals surface area contributed by atoms with E-state index in [0.717, 1.165) is 18.2 Å². The molecule has 1 aromatic rings. The second kappa shape index (κ2) is 7.98. The molecule has 0 radical (unpaired) electrons. The summed E-state index contributed by atoms with van der Waals surface area (Å²) in [5.74, 6) is -0.288. The number of nitrogens with one attached hydrogen (secondary N) is 1. The molecule has 0 atom stereocenters. The zero-order valence-corrected chi connectivity index (χ0v) is 13.8. The third-order valence-electron chi connectivity index (χ3n) is 3.23. The van der Waals surface area contributed by atoms with Crippen LogP contribution in [0.1, 0.15) is 20.3 Å². The first-order chi connectivity index (χ1) is 10.6. The van der Waals surface area contributed by atoms with Crippen molar-refractivity contribution in [2.75, 3.05) is 37.6 Å². The maximum Gasteiger partial charge on any atom is 0.317 e. The van der Waals surface area contributed by atoms with Gasteiger partial charge in [-0.05, 0) is 13.8 Å². The number of aromatic nitrogens is 1. The average molecular weight is 326 g/mol. The molecule has 0 spiro atoms. The number of piperazine rings is 1. The van der Waals surface area contributed by atoms with Crippen LogP contribution >= 0.6 is 11.3 Å². The van der Waals surface area contributed by atoms with E-state index in [-0.39, 0.29) is 24.5 Å². The number of amides is 2. The van der Waals surface area contributed by atoms with E-state index in [9.17, 15) is 9.59 Å². The van der Waals surface area contributed by atoms with Crippen molar-refractivity contribution in [1.29, 1.82) is 0 Å². The molecule has 2 amide bonds. The quantitative estimate of drug-likeness (QED) is 0.826. The number of esters is 1. The Morgan fingerprint density at radius 2 is 2.09 bits per heavy atom. The van der Waals surface area contributed by atoms with Gasteiger partial charge in [0.25, 0.3) is 0 Å². The van der Waals surface area contributed by atoms with Crippen molar-refractivity contribution >= 4 is 28.5 Å². The molecular formula is C14H22N4O3S. The summed E-state index contributed by atoms with van der Waals surface area (Å²) in [5.41, 5.74) is 0. The van der Waals surface area contributed by atoms with Crippen molar-refractivity contribution in [2.24, 2.45) is 0 Å². The van der Waals surface area contributed by atoms with Gasteiger partial charge in [-0.3, -0.25) is 4.79 Å². The number of rotatable bonds is 5. The van der Waals surface area contributed by atoms with Gasteiger partial charge in [0.05, 0.1) is 12.5 Å². The highest BCUT2D eigenvalue weighted by Crippen LogP contribution is 2.18. The number of carbonyl (C=O) groups is 2. The van der Waals surface area contributed by atoms with Gasteiger partial charge in [0.1, 0.15) is 0 Å². The summed E-state index contributed by atoms with van der Waals surface area (Å²) in [7, 11) is 0. The first kappa shape index (κ1) is 16.5. The van der Waals surface area contributed by atoms with Crippen LogP contribution in [0.2, 0.25) is 0 Å². The highest BCUT2D eigenvalue weighted by atomic mass is 32.1. The van der Waals surface area contributed by atoms with Gasteiger partial charge >= 0.3 is 12.0 Å². The molecule has 2 heterocycles. The molecule has 1 saturated heterocycles. The van der Waals surface area contributed by atoms with Gasteiger partial charge in [-0.2, -0.15) is 0 Å². The number of ether oxygens (including phenoxy) is 1. The van der Waals surface area contributed by atoms with Gasteiger partial charge in [0.15, 0.2) is 5.13 Å². The molecule has 8 heteroatoms. The van der Waals surface area contributed by atoms with Crippen LogP contribution in [0.5, 0.6) is 0 Å². The van der Waals surface area contributed by atoms with E-state index < -0.39 is 0 Å². The lowest BCUT2D eigenvalue weighted by Crippen LogP contribution is -2.52. The molecule has 0 saturated carbocycles. The molecular weight excluding hydrogens is 304 g/mol. The van der Waals surface area contributed by atoms with Gasteiger partial charge in [0, 0.05) is 44.3 Å². The Kier molecular flexibility index (Phi) is 6.00. The Labute approximate surface area is 134 Å². The minimum atomic E-state index is -0.288. The summed E-state index contributed by atoms with van der Waals surface area (Å²) in [4.78, 5) is 31.6. The molecule has 22 heavy (non-hydrogen) atoms. The standard InChI is InChI=1S/C14H22N4O3S/c1-11(2)21-12(19)3-4-15-13(20)17-6-8-18(9-7-17)14-16-5-10-22-14/h5,10-11H,3-4,6-9H2,1-2H3,(H,15,20). The molecule has 122 valence electrons. The van der Waals surface area contributed by atoms with E-state index in [0.29, 0.717) is 19.6 Å². The summed E-state index contributed by atoms with van der Waals surface area (Å²) in [6.07, 6.45) is 1.86. The van der Waals surface area contributed by atoms with Crippen LogP contribution in [0.4, 0.5) is 9.93 Å². The Hall–Kier alpha value is -1.83. The van der Waals surface area contributed by atoms with Gasteiger partial charge in [0.2, 0.25) is 0 Å². The zero-order valence-electron chi connectivity index (χ0n) is 12.9. The van der Waals surface area contributed by atoms with E-state index in [1.165, 1.54) is 0 Å². The maximum absolute atomic E-state index is 12.0. The summed E-state index contributed by atoms with van der Waals surface area (Å²) < 4.78 is 5.02. The number of anilines is 1. The fourth-order valence-electron chi connectivity index (χ4n) is 2.18. The molecule has 0 aliphatic carbocycles. The van der Waals surface area contributed by atoms with Crippen molar-refractivity contribution < 1.29 is 14.3 Å². The second-order valence-electron chi connectivity index (χ2n) is 5.31. The fraction of sp³-hybridized carbons (Fsp3) is 0.643. The van der Waals surface area contributed by atoms with Crippen LogP contribution in [0, 0.1) is 0 Å². The van der Waals surface area contributed by atoms with Crippen LogP contribution in [0.25, 0.3) is 0 Å². The predicted molar refractivity (Wildman–Crippen MR) is 85.1 cm³/mol. The Morgan fingerprint density at radius 3 is 2.68 bits per heavy atom. The van der Waals surface area contributed by atoms with Gasteiger partial charge in [-0.15, -0.1) is 11.3 Å².